The average Bonchev–Trinajstić information content (AvgIpc) is 2.38. The van der Waals surface area contributed by atoms with Gasteiger partial charge in [-0.05, 0) is 6.07 Å². The molecule has 0 amide bonds. The summed E-state index contributed by atoms with van der Waals surface area (Å²) in [6.45, 7) is 1.19. The molecule has 0 radical (unpaired) electrons. The lowest BCUT2D eigenvalue weighted by Gasteiger charge is -1.95. The standard InChI is InChI=1S/C9H6N2O3.C2H8N2/c12-9-8(11(13)14)5-6-3-1-2-4-7(6)10-9;3-1-2-4/h1-5H,(H,10,12);1-4H2. The lowest BCUT2D eigenvalue weighted by molar-refractivity contribution is -0.386. The van der Waals surface area contributed by atoms with Gasteiger partial charge >= 0.3 is 11.2 Å². The van der Waals surface area contributed by atoms with E-state index >= 15 is 0 Å². The fraction of sp³-hybridized carbons (Fsp3) is 0.182. The molecule has 0 spiro atoms. The van der Waals surface area contributed by atoms with Gasteiger partial charge in [0, 0.05) is 30.1 Å². The van der Waals surface area contributed by atoms with Crippen molar-refractivity contribution in [2.75, 3.05) is 13.1 Å². The maximum absolute atomic E-state index is 11.2. The number of nitrogens with zero attached hydrogens (tertiary/aromatic N) is 1. The van der Waals surface area contributed by atoms with Crippen LogP contribution in [0.5, 0.6) is 0 Å². The van der Waals surface area contributed by atoms with Crippen LogP contribution < -0.4 is 17.0 Å². The normalized spacial score (nSPS) is 9.67. The third-order valence-electron chi connectivity index (χ3n) is 2.10. The molecule has 0 aliphatic rings. The molecule has 5 N–H and O–H groups in total. The molecule has 1 aromatic carbocycles. The number of pyridine rings is 1. The predicted octanol–water partition coefficient (Wildman–Crippen LogP) is 0.340. The minimum absolute atomic E-state index is 0.427. The van der Waals surface area contributed by atoms with Gasteiger partial charge in [-0.2, -0.15) is 0 Å². The predicted molar refractivity (Wildman–Crippen MR) is 69.3 cm³/mol. The van der Waals surface area contributed by atoms with Gasteiger partial charge in [0.25, 0.3) is 0 Å². The molecule has 0 aliphatic heterocycles. The summed E-state index contributed by atoms with van der Waals surface area (Å²) in [7, 11) is 0. The van der Waals surface area contributed by atoms with Crippen LogP contribution in [0.15, 0.2) is 35.1 Å². The van der Waals surface area contributed by atoms with E-state index in [0.29, 0.717) is 24.0 Å². The number of hydrogen-bond acceptors (Lipinski definition) is 5. The number of hydrogen-bond donors (Lipinski definition) is 3. The minimum Gasteiger partial charge on any atom is -0.329 e. The van der Waals surface area contributed by atoms with Gasteiger partial charge in [0.2, 0.25) is 0 Å². The molecule has 0 fully saturated rings. The van der Waals surface area contributed by atoms with E-state index < -0.39 is 16.2 Å². The zero-order valence-corrected chi connectivity index (χ0v) is 9.63. The van der Waals surface area contributed by atoms with Crippen LogP contribution in [0.2, 0.25) is 0 Å². The smallest absolute Gasteiger partial charge is 0.329 e. The van der Waals surface area contributed by atoms with E-state index in [0.717, 1.165) is 0 Å². The number of para-hydroxylation sites is 1. The van der Waals surface area contributed by atoms with Gasteiger partial charge in [0.15, 0.2) is 0 Å². The van der Waals surface area contributed by atoms with Crippen LogP contribution in [-0.2, 0) is 0 Å². The topological polar surface area (TPSA) is 128 Å². The van der Waals surface area contributed by atoms with Gasteiger partial charge < -0.3 is 16.5 Å². The second-order valence-corrected chi connectivity index (χ2v) is 3.41. The highest BCUT2D eigenvalue weighted by atomic mass is 16.6. The molecule has 0 bridgehead atoms. The van der Waals surface area contributed by atoms with Crippen molar-refractivity contribution in [2.24, 2.45) is 11.5 Å². The Bertz CT molecular complexity index is 592. The molecule has 0 saturated heterocycles. The van der Waals surface area contributed by atoms with Crippen LogP contribution >= 0.6 is 0 Å². The molecule has 0 saturated carbocycles. The van der Waals surface area contributed by atoms with Gasteiger partial charge in [-0.25, -0.2) is 0 Å². The van der Waals surface area contributed by atoms with Crippen molar-refractivity contribution in [3.8, 4) is 0 Å². The fourth-order valence-electron chi connectivity index (χ4n) is 1.27. The molecule has 7 heteroatoms. The number of nitrogens with one attached hydrogen (secondary N) is 1. The second-order valence-electron chi connectivity index (χ2n) is 3.41. The largest absolute Gasteiger partial charge is 0.334 e. The van der Waals surface area contributed by atoms with Crippen LogP contribution in [0.25, 0.3) is 10.9 Å². The summed E-state index contributed by atoms with van der Waals surface area (Å²) in [4.78, 5) is 23.4. The summed E-state index contributed by atoms with van der Waals surface area (Å²) in [5.41, 5.74) is 9.31. The second kappa shape index (κ2) is 6.48. The molecule has 2 aromatic rings. The summed E-state index contributed by atoms with van der Waals surface area (Å²) < 4.78 is 0. The summed E-state index contributed by atoms with van der Waals surface area (Å²) in [6.07, 6.45) is 0. The Balaban J connectivity index is 0.000000357. The average molecular weight is 250 g/mol. The van der Waals surface area contributed by atoms with E-state index in [1.54, 1.807) is 24.3 Å². The highest BCUT2D eigenvalue weighted by Crippen LogP contribution is 2.13. The van der Waals surface area contributed by atoms with Crippen molar-refractivity contribution < 1.29 is 4.92 Å². The third-order valence-corrected chi connectivity index (χ3v) is 2.10. The molecule has 0 unspecified atom stereocenters. The van der Waals surface area contributed by atoms with E-state index in [1.807, 2.05) is 0 Å². The number of H-pyrrole nitrogens is 1. The Hall–Kier alpha value is -2.25. The first-order chi connectivity index (χ1) is 8.60. The maximum Gasteiger partial charge on any atom is 0.334 e. The van der Waals surface area contributed by atoms with E-state index in [1.165, 1.54) is 6.07 Å². The molecule has 96 valence electrons. The molecule has 1 aromatic heterocycles. The Labute approximate surface area is 103 Å². The lowest BCUT2D eigenvalue weighted by Crippen LogP contribution is -2.11. The number of nitro groups is 1. The number of rotatable bonds is 2. The third kappa shape index (κ3) is 3.37. The lowest BCUT2D eigenvalue weighted by atomic mass is 10.2. The van der Waals surface area contributed by atoms with Gasteiger partial charge in [0.05, 0.1) is 4.92 Å². The molecule has 0 atom stereocenters. The summed E-state index contributed by atoms with van der Waals surface area (Å²) in [5.74, 6) is 0. The van der Waals surface area contributed by atoms with E-state index in [4.69, 9.17) is 11.5 Å². The first kappa shape index (κ1) is 13.8. The van der Waals surface area contributed by atoms with E-state index in [-0.39, 0.29) is 0 Å². The quantitative estimate of drug-likeness (QED) is 0.523. The maximum atomic E-state index is 11.2. The summed E-state index contributed by atoms with van der Waals surface area (Å²) in [5, 5.41) is 11.1. The van der Waals surface area contributed by atoms with Crippen molar-refractivity contribution in [2.45, 2.75) is 0 Å². The number of fused-ring (bicyclic) bond motifs is 1. The molecule has 1 heterocycles. The number of benzene rings is 1. The molecule has 0 aliphatic carbocycles. The van der Waals surface area contributed by atoms with E-state index in [9.17, 15) is 14.9 Å². The first-order valence-corrected chi connectivity index (χ1v) is 5.26. The highest BCUT2D eigenvalue weighted by Gasteiger charge is 2.12. The van der Waals surface area contributed by atoms with Gasteiger partial charge in [-0.3, -0.25) is 14.9 Å². The molecule has 18 heavy (non-hydrogen) atoms. The molecular formula is C11H14N4O3. The Morgan fingerprint density at radius 2 is 1.83 bits per heavy atom. The Morgan fingerprint density at radius 3 is 2.39 bits per heavy atom. The number of nitrogens with two attached hydrogens (primary N) is 2. The minimum atomic E-state index is -0.689. The molecule has 7 nitrogen and oxygen atoms in total. The van der Waals surface area contributed by atoms with Crippen LogP contribution in [0.1, 0.15) is 0 Å². The summed E-state index contributed by atoms with van der Waals surface area (Å²) in [6, 6.07) is 8.18. The number of aromatic amines is 1. The number of aromatic nitrogens is 1. The van der Waals surface area contributed by atoms with Crippen molar-refractivity contribution in [3.63, 3.8) is 0 Å². The van der Waals surface area contributed by atoms with Crippen LogP contribution in [0.4, 0.5) is 5.69 Å². The first-order valence-electron chi connectivity index (χ1n) is 5.26. The van der Waals surface area contributed by atoms with Gasteiger partial charge in [-0.15, -0.1) is 0 Å². The fourth-order valence-corrected chi connectivity index (χ4v) is 1.27. The van der Waals surface area contributed by atoms with Gasteiger partial charge in [-0.1, -0.05) is 18.2 Å². The van der Waals surface area contributed by atoms with Crippen molar-refractivity contribution in [1.82, 2.24) is 4.98 Å². The monoisotopic (exact) mass is 250 g/mol. The Morgan fingerprint density at radius 1 is 1.22 bits per heavy atom. The van der Waals surface area contributed by atoms with Crippen LogP contribution in [0.3, 0.4) is 0 Å². The SMILES string of the molecule is NCCN.O=c1[nH]c2ccccc2cc1[N+](=O)[O-]. The van der Waals surface area contributed by atoms with Crippen molar-refractivity contribution in [3.05, 3.63) is 50.8 Å². The van der Waals surface area contributed by atoms with Crippen LogP contribution in [-0.4, -0.2) is 23.0 Å². The van der Waals surface area contributed by atoms with Crippen molar-refractivity contribution >= 4 is 16.6 Å². The van der Waals surface area contributed by atoms with E-state index in [2.05, 4.69) is 4.98 Å². The zero-order valence-electron chi connectivity index (χ0n) is 9.63. The highest BCUT2D eigenvalue weighted by molar-refractivity contribution is 5.80. The van der Waals surface area contributed by atoms with Gasteiger partial charge in [0.1, 0.15) is 0 Å². The Kier molecular flexibility index (Phi) is 4.97. The van der Waals surface area contributed by atoms with Crippen LogP contribution in [0, 0.1) is 10.1 Å². The summed E-state index contributed by atoms with van der Waals surface area (Å²) >= 11 is 0. The molecular weight excluding hydrogens is 236 g/mol. The molecule has 2 rings (SSSR count). The van der Waals surface area contributed by atoms with Crippen molar-refractivity contribution in [1.29, 1.82) is 0 Å². The zero-order chi connectivity index (χ0) is 13.5.